The number of rotatable bonds is 3. The third kappa shape index (κ3) is 2.69. The lowest BCUT2D eigenvalue weighted by atomic mass is 10.1. The van der Waals surface area contributed by atoms with Gasteiger partial charge in [-0.25, -0.2) is 0 Å². The van der Waals surface area contributed by atoms with E-state index in [9.17, 15) is 0 Å². The van der Waals surface area contributed by atoms with Gasteiger partial charge in [-0.3, -0.25) is 0 Å². The van der Waals surface area contributed by atoms with Gasteiger partial charge in [0.15, 0.2) is 0 Å². The van der Waals surface area contributed by atoms with Gasteiger partial charge >= 0.3 is 0 Å². The van der Waals surface area contributed by atoms with E-state index in [2.05, 4.69) is 37.3 Å². The average molecular weight is 164 g/mol. The highest BCUT2D eigenvalue weighted by atomic mass is 27.0. The molecule has 0 aliphatic carbocycles. The lowest BCUT2D eigenvalue weighted by molar-refractivity contribution is 0.769. The third-order valence-corrected chi connectivity index (χ3v) is 3.33. The molecule has 0 heterocycles. The van der Waals surface area contributed by atoms with Gasteiger partial charge < -0.3 is 0 Å². The number of hydrogen-bond donors (Lipinski definition) is 0. The molecule has 0 aromatic heterocycles. The Hall–Kier alpha value is -0.248. The zero-order valence-electron chi connectivity index (χ0n) is 7.38. The fourth-order valence-corrected chi connectivity index (χ4v) is 2.34. The van der Waals surface area contributed by atoms with Crippen molar-refractivity contribution in [1.82, 2.24) is 0 Å². The van der Waals surface area contributed by atoms with Gasteiger partial charge in [-0.1, -0.05) is 60.4 Å². The van der Waals surface area contributed by atoms with E-state index in [1.54, 1.807) is 0 Å². The molecule has 0 saturated heterocycles. The van der Waals surface area contributed by atoms with Gasteiger partial charge in [-0.15, -0.1) is 0 Å². The van der Waals surface area contributed by atoms with Crippen LogP contribution in [0.4, 0.5) is 0 Å². The molecule has 0 N–H and O–H groups in total. The molecule has 1 heteroatoms. The van der Waals surface area contributed by atoms with E-state index in [1.807, 2.05) is 0 Å². The lowest BCUT2D eigenvalue weighted by Gasteiger charge is -2.09. The van der Waals surface area contributed by atoms with Crippen LogP contribution in [0.2, 0.25) is 0 Å². The Balaban J connectivity index is 0.00000121. The highest BCUT2D eigenvalue weighted by Crippen LogP contribution is 2.16. The average Bonchev–Trinajstić information content (AvgIpc) is 2.07. The summed E-state index contributed by atoms with van der Waals surface area (Å²) in [7, 11) is 0. The maximum absolute atomic E-state index is 2.26. The van der Waals surface area contributed by atoms with Crippen molar-refractivity contribution in [3.63, 3.8) is 0 Å². The van der Waals surface area contributed by atoms with Crippen LogP contribution in [0, 0.1) is 0 Å². The molecule has 60 valence electrons. The van der Waals surface area contributed by atoms with Crippen molar-refractivity contribution >= 4 is 16.3 Å². The zero-order valence-corrected chi connectivity index (χ0v) is 9.38. The first-order chi connectivity index (χ1) is 5.34. The molecule has 0 aliphatic heterocycles. The van der Waals surface area contributed by atoms with Gasteiger partial charge in [0, 0.05) is 1.43 Å². The first kappa shape index (κ1) is 8.85. The Morgan fingerprint density at radius 3 is 2.55 bits per heavy atom. The van der Waals surface area contributed by atoms with Crippen LogP contribution in [0.5, 0.6) is 0 Å². The molecule has 11 heavy (non-hydrogen) atoms. The maximum Gasteiger partial charge on any atom is 0.223 e. The number of benzene rings is 1. The second kappa shape index (κ2) is 4.59. The molecule has 1 unspecified atom stereocenters. The fourth-order valence-electron chi connectivity index (χ4n) is 1.38. The Bertz CT molecular complexity index is 198. The lowest BCUT2D eigenvalue weighted by Crippen LogP contribution is -1.96. The SMILES string of the molecule is CCC[CH]([AlH2])c1ccccc1.[HH]. The van der Waals surface area contributed by atoms with Crippen molar-refractivity contribution in [2.24, 2.45) is 0 Å². The van der Waals surface area contributed by atoms with Crippen molar-refractivity contribution < 1.29 is 1.43 Å². The molecule has 0 saturated carbocycles. The number of hydrogen-bond acceptors (Lipinski definition) is 0. The molecule has 0 radical (unpaired) electrons. The Morgan fingerprint density at radius 2 is 2.00 bits per heavy atom. The molecule has 1 atom stereocenters. The maximum atomic E-state index is 2.26. The Morgan fingerprint density at radius 1 is 1.36 bits per heavy atom. The minimum Gasteiger partial charge on any atom is -0.0670 e. The minimum atomic E-state index is 0. The van der Waals surface area contributed by atoms with Gasteiger partial charge in [0.2, 0.25) is 16.3 Å². The van der Waals surface area contributed by atoms with Crippen molar-refractivity contribution in [1.29, 1.82) is 0 Å². The van der Waals surface area contributed by atoms with Crippen LogP contribution in [-0.4, -0.2) is 16.3 Å². The summed E-state index contributed by atoms with van der Waals surface area (Å²) in [6.07, 6.45) is 2.67. The van der Waals surface area contributed by atoms with Crippen molar-refractivity contribution in [2.45, 2.75) is 24.5 Å². The van der Waals surface area contributed by atoms with E-state index in [0.717, 1.165) is 4.78 Å². The van der Waals surface area contributed by atoms with Crippen molar-refractivity contribution in [3.8, 4) is 0 Å². The standard InChI is InChI=1S/C10H13.Al.H2.2H/c1-2-3-7-10-8-5-4-6-9-10;;;;/h4-9H,2-3H2,1H3;;1H;;. The van der Waals surface area contributed by atoms with Crippen molar-refractivity contribution in [2.75, 3.05) is 0 Å². The molecule has 0 fully saturated rings. The summed E-state index contributed by atoms with van der Waals surface area (Å²) in [6, 6.07) is 10.8. The van der Waals surface area contributed by atoms with E-state index in [0.29, 0.717) is 0 Å². The Kier molecular flexibility index (Phi) is 3.69. The van der Waals surface area contributed by atoms with Gasteiger partial charge in [0.1, 0.15) is 0 Å². The molecule has 0 aliphatic rings. The topological polar surface area (TPSA) is 0 Å². The van der Waals surface area contributed by atoms with Gasteiger partial charge in [-0.2, -0.15) is 0 Å². The second-order valence-electron chi connectivity index (χ2n) is 3.10. The summed E-state index contributed by atoms with van der Waals surface area (Å²) >= 11 is 1.29. The smallest absolute Gasteiger partial charge is 0.0670 e. The van der Waals surface area contributed by atoms with Crippen LogP contribution in [0.1, 0.15) is 31.5 Å². The quantitative estimate of drug-likeness (QED) is 0.602. The fraction of sp³-hybridized carbons (Fsp3) is 0.400. The molecular weight excluding hydrogens is 147 g/mol. The third-order valence-electron chi connectivity index (χ3n) is 2.09. The summed E-state index contributed by atoms with van der Waals surface area (Å²) in [4.78, 5) is 0. The molecule has 0 bridgehead atoms. The zero-order chi connectivity index (χ0) is 8.10. The highest BCUT2D eigenvalue weighted by Gasteiger charge is 2.01. The van der Waals surface area contributed by atoms with Gasteiger partial charge in [0.05, 0.1) is 0 Å². The van der Waals surface area contributed by atoms with Gasteiger partial charge in [-0.05, 0) is 0 Å². The van der Waals surface area contributed by atoms with E-state index in [4.69, 9.17) is 0 Å². The molecule has 0 nitrogen and oxygen atoms in total. The summed E-state index contributed by atoms with van der Waals surface area (Å²) < 4.78 is 0.862. The molecule has 0 amide bonds. The first-order valence-electron chi connectivity index (χ1n) is 4.39. The van der Waals surface area contributed by atoms with Crippen molar-refractivity contribution in [3.05, 3.63) is 35.9 Å². The molecular formula is C10H17Al. The summed E-state index contributed by atoms with van der Waals surface area (Å²) in [5, 5.41) is 0. The predicted molar refractivity (Wildman–Crippen MR) is 54.7 cm³/mol. The summed E-state index contributed by atoms with van der Waals surface area (Å²) in [6.45, 7) is 2.26. The van der Waals surface area contributed by atoms with Crippen LogP contribution >= 0.6 is 0 Å². The molecule has 1 aromatic carbocycles. The van der Waals surface area contributed by atoms with E-state index in [1.165, 1.54) is 34.7 Å². The highest BCUT2D eigenvalue weighted by molar-refractivity contribution is 6.12. The van der Waals surface area contributed by atoms with Crippen LogP contribution < -0.4 is 0 Å². The van der Waals surface area contributed by atoms with Crippen LogP contribution in [0.3, 0.4) is 0 Å². The largest absolute Gasteiger partial charge is 0.223 e. The molecule has 1 rings (SSSR count). The second-order valence-corrected chi connectivity index (χ2v) is 4.49. The monoisotopic (exact) mass is 164 g/mol. The van der Waals surface area contributed by atoms with E-state index < -0.39 is 0 Å². The van der Waals surface area contributed by atoms with E-state index in [-0.39, 0.29) is 1.43 Å². The summed E-state index contributed by atoms with van der Waals surface area (Å²) in [5.74, 6) is 0. The van der Waals surface area contributed by atoms with Crippen LogP contribution in [-0.2, 0) is 0 Å². The Labute approximate surface area is 78.5 Å². The predicted octanol–water partition coefficient (Wildman–Crippen LogP) is 2.41. The van der Waals surface area contributed by atoms with E-state index >= 15 is 0 Å². The normalized spacial score (nSPS) is 12.8. The van der Waals surface area contributed by atoms with Gasteiger partial charge in [0.25, 0.3) is 0 Å². The van der Waals surface area contributed by atoms with Crippen LogP contribution in [0.15, 0.2) is 30.3 Å². The summed E-state index contributed by atoms with van der Waals surface area (Å²) in [5.41, 5.74) is 1.53. The molecule has 0 spiro atoms. The molecule has 1 aromatic rings. The first-order valence-corrected chi connectivity index (χ1v) is 5.55. The van der Waals surface area contributed by atoms with Crippen LogP contribution in [0.25, 0.3) is 0 Å². The minimum absolute atomic E-state index is 0.